The molecule has 0 spiro atoms. The topological polar surface area (TPSA) is 43.1 Å². The van der Waals surface area contributed by atoms with Crippen LogP contribution in [0.4, 0.5) is 0 Å². The molecule has 0 fully saturated rings. The van der Waals surface area contributed by atoms with Gasteiger partial charge < -0.3 is 4.42 Å². The van der Waals surface area contributed by atoms with Gasteiger partial charge in [0.1, 0.15) is 12.0 Å². The van der Waals surface area contributed by atoms with Gasteiger partial charge in [-0.15, -0.1) is 0 Å². The van der Waals surface area contributed by atoms with Gasteiger partial charge in [0.2, 0.25) is 0 Å². The lowest BCUT2D eigenvalue weighted by Crippen LogP contribution is -1.93. The second kappa shape index (κ2) is 4.04. The summed E-state index contributed by atoms with van der Waals surface area (Å²) in [6, 6.07) is 0. The van der Waals surface area contributed by atoms with E-state index in [1.165, 1.54) is 6.26 Å². The molecule has 1 aromatic heterocycles. The lowest BCUT2D eigenvalue weighted by molar-refractivity contribution is 0.111. The van der Waals surface area contributed by atoms with E-state index in [9.17, 15) is 4.79 Å². The molecule has 0 radical (unpaired) electrons. The van der Waals surface area contributed by atoms with Gasteiger partial charge in [0.25, 0.3) is 0 Å². The van der Waals surface area contributed by atoms with E-state index >= 15 is 0 Å². The predicted molar refractivity (Wildman–Crippen MR) is 45.2 cm³/mol. The summed E-state index contributed by atoms with van der Waals surface area (Å²) in [6.45, 7) is 4.16. The summed E-state index contributed by atoms with van der Waals surface area (Å²) in [5.41, 5.74) is 0.382. The monoisotopic (exact) mass is 167 g/mol. The van der Waals surface area contributed by atoms with Crippen molar-refractivity contribution in [3.8, 4) is 0 Å². The van der Waals surface area contributed by atoms with Crippen LogP contribution in [0.15, 0.2) is 10.7 Å². The van der Waals surface area contributed by atoms with Gasteiger partial charge in [0.05, 0.1) is 0 Å². The van der Waals surface area contributed by atoms with E-state index in [2.05, 4.69) is 11.9 Å². The Morgan fingerprint density at radius 3 is 3.00 bits per heavy atom. The molecule has 0 N–H and O–H groups in total. The van der Waals surface area contributed by atoms with Crippen LogP contribution in [0.5, 0.6) is 0 Å². The van der Waals surface area contributed by atoms with Crippen LogP contribution in [0, 0.1) is 0 Å². The summed E-state index contributed by atoms with van der Waals surface area (Å²) in [5.74, 6) is 0.975. The van der Waals surface area contributed by atoms with Crippen LogP contribution in [-0.4, -0.2) is 11.3 Å². The van der Waals surface area contributed by atoms with E-state index < -0.39 is 0 Å². The minimum Gasteiger partial charge on any atom is -0.448 e. The molecule has 0 saturated carbocycles. The first-order valence-corrected chi connectivity index (χ1v) is 4.18. The van der Waals surface area contributed by atoms with Crippen LogP contribution >= 0.6 is 0 Å². The Morgan fingerprint density at radius 2 is 2.50 bits per heavy atom. The third-order valence-electron chi connectivity index (χ3n) is 1.80. The summed E-state index contributed by atoms with van der Waals surface area (Å²) in [6.07, 6.45) is 4.24. The van der Waals surface area contributed by atoms with Crippen LogP contribution in [0.3, 0.4) is 0 Å². The highest BCUT2D eigenvalue weighted by Crippen LogP contribution is 2.18. The first-order valence-electron chi connectivity index (χ1n) is 4.18. The Hall–Kier alpha value is -1.12. The smallest absolute Gasteiger partial charge is 0.197 e. The standard InChI is InChI=1S/C9H13NO2/c1-3-4-7(2)9-10-8(5-11)6-12-9/h5-7H,3-4H2,1-2H3/t7-/m1/s1. The maximum atomic E-state index is 10.3. The summed E-state index contributed by atoms with van der Waals surface area (Å²) >= 11 is 0. The Bertz CT molecular complexity index is 255. The number of aromatic nitrogens is 1. The number of rotatable bonds is 4. The van der Waals surface area contributed by atoms with Crippen molar-refractivity contribution < 1.29 is 9.21 Å². The fraction of sp³-hybridized carbons (Fsp3) is 0.556. The number of hydrogen-bond donors (Lipinski definition) is 0. The molecule has 0 aromatic carbocycles. The quantitative estimate of drug-likeness (QED) is 0.646. The molecule has 0 amide bonds. The third-order valence-corrected chi connectivity index (χ3v) is 1.80. The largest absolute Gasteiger partial charge is 0.448 e. The van der Waals surface area contributed by atoms with Crippen molar-refractivity contribution in [2.75, 3.05) is 0 Å². The van der Waals surface area contributed by atoms with E-state index in [0.717, 1.165) is 12.8 Å². The lowest BCUT2D eigenvalue weighted by Gasteiger charge is -2.02. The molecule has 0 saturated heterocycles. The normalized spacial score (nSPS) is 12.8. The zero-order valence-corrected chi connectivity index (χ0v) is 7.41. The predicted octanol–water partition coefficient (Wildman–Crippen LogP) is 2.39. The van der Waals surface area contributed by atoms with Crippen LogP contribution in [0.1, 0.15) is 49.0 Å². The van der Waals surface area contributed by atoms with Gasteiger partial charge in [-0.25, -0.2) is 4.98 Å². The van der Waals surface area contributed by atoms with Crippen LogP contribution in [-0.2, 0) is 0 Å². The number of oxazole rings is 1. The van der Waals surface area contributed by atoms with Crippen molar-refractivity contribution in [3.05, 3.63) is 17.8 Å². The van der Waals surface area contributed by atoms with E-state index in [-0.39, 0.29) is 0 Å². The summed E-state index contributed by atoms with van der Waals surface area (Å²) in [7, 11) is 0. The summed E-state index contributed by atoms with van der Waals surface area (Å²) in [5, 5.41) is 0. The zero-order chi connectivity index (χ0) is 8.97. The van der Waals surface area contributed by atoms with E-state index in [1.54, 1.807) is 0 Å². The molecule has 3 nitrogen and oxygen atoms in total. The fourth-order valence-corrected chi connectivity index (χ4v) is 1.14. The maximum absolute atomic E-state index is 10.3. The minimum atomic E-state index is 0.309. The Morgan fingerprint density at radius 1 is 1.75 bits per heavy atom. The second-order valence-corrected chi connectivity index (χ2v) is 2.92. The summed E-state index contributed by atoms with van der Waals surface area (Å²) in [4.78, 5) is 14.3. The van der Waals surface area contributed by atoms with Crippen LogP contribution < -0.4 is 0 Å². The first kappa shape index (κ1) is 8.97. The highest BCUT2D eigenvalue weighted by molar-refractivity contribution is 5.70. The number of carbonyl (C=O) groups excluding carboxylic acids is 1. The van der Waals surface area contributed by atoms with Crippen molar-refractivity contribution >= 4 is 6.29 Å². The molecule has 0 aliphatic carbocycles. The van der Waals surface area contributed by atoms with Crippen molar-refractivity contribution in [2.45, 2.75) is 32.6 Å². The zero-order valence-electron chi connectivity index (χ0n) is 7.41. The molecule has 0 bridgehead atoms. The van der Waals surface area contributed by atoms with Crippen molar-refractivity contribution in [1.29, 1.82) is 0 Å². The molecule has 1 rings (SSSR count). The van der Waals surface area contributed by atoms with Gasteiger partial charge in [0, 0.05) is 5.92 Å². The Labute approximate surface area is 71.8 Å². The molecule has 66 valence electrons. The molecule has 1 heterocycles. The van der Waals surface area contributed by atoms with Gasteiger partial charge in [-0.2, -0.15) is 0 Å². The number of aldehydes is 1. The number of carbonyl (C=O) groups is 1. The number of nitrogens with zero attached hydrogens (tertiary/aromatic N) is 1. The SMILES string of the molecule is CCC[C@@H](C)c1nc(C=O)co1. The Balaban J connectivity index is 2.67. The molecule has 1 atom stereocenters. The molecule has 0 aliphatic heterocycles. The highest BCUT2D eigenvalue weighted by atomic mass is 16.3. The molecule has 0 aliphatic rings. The molecular formula is C9H13NO2. The average molecular weight is 167 g/mol. The van der Waals surface area contributed by atoms with Gasteiger partial charge >= 0.3 is 0 Å². The van der Waals surface area contributed by atoms with Crippen LogP contribution in [0.2, 0.25) is 0 Å². The average Bonchev–Trinajstić information content (AvgIpc) is 2.52. The maximum Gasteiger partial charge on any atom is 0.197 e. The molecular weight excluding hydrogens is 154 g/mol. The Kier molecular flexibility index (Phi) is 3.02. The van der Waals surface area contributed by atoms with E-state index in [4.69, 9.17) is 4.42 Å². The van der Waals surface area contributed by atoms with Gasteiger partial charge in [-0.05, 0) is 6.42 Å². The van der Waals surface area contributed by atoms with Crippen molar-refractivity contribution in [1.82, 2.24) is 4.98 Å². The van der Waals surface area contributed by atoms with E-state index in [1.807, 2.05) is 6.92 Å². The van der Waals surface area contributed by atoms with Gasteiger partial charge in [0.15, 0.2) is 12.2 Å². The minimum absolute atomic E-state index is 0.309. The van der Waals surface area contributed by atoms with E-state index in [0.29, 0.717) is 23.8 Å². The summed E-state index contributed by atoms with van der Waals surface area (Å²) < 4.78 is 5.13. The molecule has 1 aromatic rings. The number of hydrogen-bond acceptors (Lipinski definition) is 3. The van der Waals surface area contributed by atoms with Gasteiger partial charge in [-0.1, -0.05) is 20.3 Å². The fourth-order valence-electron chi connectivity index (χ4n) is 1.14. The lowest BCUT2D eigenvalue weighted by atomic mass is 10.1. The van der Waals surface area contributed by atoms with Crippen molar-refractivity contribution in [3.63, 3.8) is 0 Å². The van der Waals surface area contributed by atoms with Crippen molar-refractivity contribution in [2.24, 2.45) is 0 Å². The van der Waals surface area contributed by atoms with Crippen LogP contribution in [0.25, 0.3) is 0 Å². The molecule has 12 heavy (non-hydrogen) atoms. The second-order valence-electron chi connectivity index (χ2n) is 2.92. The third kappa shape index (κ3) is 1.94. The highest BCUT2D eigenvalue weighted by Gasteiger charge is 2.10. The van der Waals surface area contributed by atoms with Gasteiger partial charge in [-0.3, -0.25) is 4.79 Å². The first-order chi connectivity index (χ1) is 5.77. The molecule has 3 heteroatoms. The molecule has 0 unspecified atom stereocenters.